The quantitative estimate of drug-likeness (QED) is 0.832. The first-order valence-corrected chi connectivity index (χ1v) is 5.97. The smallest absolute Gasteiger partial charge is 0.150 e. The van der Waals surface area contributed by atoms with Gasteiger partial charge in [-0.3, -0.25) is 0 Å². The van der Waals surface area contributed by atoms with Gasteiger partial charge in [0.15, 0.2) is 0 Å². The van der Waals surface area contributed by atoms with Crippen molar-refractivity contribution in [2.45, 2.75) is 25.2 Å². The Morgan fingerprint density at radius 1 is 1.44 bits per heavy atom. The second-order valence-corrected chi connectivity index (χ2v) is 4.45. The molecule has 1 aromatic carbocycles. The van der Waals surface area contributed by atoms with E-state index < -0.39 is 6.10 Å². The van der Waals surface area contributed by atoms with E-state index in [9.17, 15) is 5.11 Å². The van der Waals surface area contributed by atoms with Crippen LogP contribution in [0.25, 0.3) is 0 Å². The molecule has 1 aromatic rings. The molecule has 3 unspecified atom stereocenters. The number of ether oxygens (including phenoxy) is 3. The summed E-state index contributed by atoms with van der Waals surface area (Å²) >= 11 is 0. The van der Waals surface area contributed by atoms with Crippen molar-refractivity contribution in [2.75, 3.05) is 20.3 Å². The van der Waals surface area contributed by atoms with E-state index in [2.05, 4.69) is 0 Å². The second-order valence-electron chi connectivity index (χ2n) is 4.45. The minimum absolute atomic E-state index is 0.148. The van der Waals surface area contributed by atoms with Crippen molar-refractivity contribution in [1.82, 2.24) is 0 Å². The molecule has 0 spiro atoms. The van der Waals surface area contributed by atoms with Crippen LogP contribution in [0.1, 0.15) is 18.5 Å². The number of nitrogens with two attached hydrogens (primary N) is 1. The van der Waals surface area contributed by atoms with Gasteiger partial charge in [-0.2, -0.15) is 0 Å². The molecule has 18 heavy (non-hydrogen) atoms. The average molecular weight is 253 g/mol. The summed E-state index contributed by atoms with van der Waals surface area (Å²) in [5, 5.41) is 9.69. The fourth-order valence-electron chi connectivity index (χ4n) is 1.92. The predicted octanol–water partition coefficient (Wildman–Crippen LogP) is 0.853. The molecule has 1 heterocycles. The van der Waals surface area contributed by atoms with E-state index in [1.807, 2.05) is 19.1 Å². The highest BCUT2D eigenvalue weighted by atomic mass is 16.6. The molecular formula is C13H19NO4. The van der Waals surface area contributed by atoms with E-state index in [-0.39, 0.29) is 12.1 Å². The van der Waals surface area contributed by atoms with E-state index in [0.717, 1.165) is 5.56 Å². The van der Waals surface area contributed by atoms with Gasteiger partial charge in [-0.1, -0.05) is 6.07 Å². The summed E-state index contributed by atoms with van der Waals surface area (Å²) in [6, 6.07) is 5.35. The maximum atomic E-state index is 9.69. The van der Waals surface area contributed by atoms with Gasteiger partial charge in [-0.25, -0.2) is 0 Å². The highest BCUT2D eigenvalue weighted by molar-refractivity contribution is 5.42. The van der Waals surface area contributed by atoms with Gasteiger partial charge < -0.3 is 25.1 Å². The zero-order chi connectivity index (χ0) is 13.1. The van der Waals surface area contributed by atoms with Crippen LogP contribution < -0.4 is 15.2 Å². The fourth-order valence-corrected chi connectivity index (χ4v) is 1.92. The molecule has 0 amide bonds. The number of benzene rings is 1. The van der Waals surface area contributed by atoms with Gasteiger partial charge in [-0.15, -0.1) is 0 Å². The summed E-state index contributed by atoms with van der Waals surface area (Å²) in [4.78, 5) is 0. The standard InChI is InChI=1S/C13H19NO4/c1-8(14)10-4-3-9(16-2)5-12(10)18-13-7-17-6-11(13)15/h3-5,8,11,13,15H,6-7,14H2,1-2H3. The van der Waals surface area contributed by atoms with Crippen LogP contribution >= 0.6 is 0 Å². The van der Waals surface area contributed by atoms with Crippen LogP contribution in [0.3, 0.4) is 0 Å². The largest absolute Gasteiger partial charge is 0.497 e. The molecule has 3 atom stereocenters. The molecule has 5 nitrogen and oxygen atoms in total. The molecule has 1 fully saturated rings. The van der Waals surface area contributed by atoms with Gasteiger partial charge in [-0.05, 0) is 13.0 Å². The van der Waals surface area contributed by atoms with Crippen molar-refractivity contribution in [2.24, 2.45) is 5.73 Å². The monoisotopic (exact) mass is 253 g/mol. The predicted molar refractivity (Wildman–Crippen MR) is 66.8 cm³/mol. The van der Waals surface area contributed by atoms with Gasteiger partial charge in [0.2, 0.25) is 0 Å². The Hall–Kier alpha value is -1.30. The van der Waals surface area contributed by atoms with Gasteiger partial charge in [0.1, 0.15) is 23.7 Å². The zero-order valence-electron chi connectivity index (χ0n) is 10.6. The van der Waals surface area contributed by atoms with Crippen LogP contribution in [-0.4, -0.2) is 37.6 Å². The lowest BCUT2D eigenvalue weighted by Gasteiger charge is -2.20. The van der Waals surface area contributed by atoms with E-state index in [1.54, 1.807) is 13.2 Å². The SMILES string of the molecule is COc1ccc(C(C)N)c(OC2COCC2O)c1. The summed E-state index contributed by atoms with van der Waals surface area (Å²) in [6.45, 7) is 2.58. The minimum Gasteiger partial charge on any atom is -0.497 e. The normalized spacial score (nSPS) is 24.9. The summed E-state index contributed by atoms with van der Waals surface area (Å²) < 4.78 is 16.1. The Morgan fingerprint density at radius 3 is 2.78 bits per heavy atom. The number of rotatable bonds is 4. The first-order chi connectivity index (χ1) is 8.61. The van der Waals surface area contributed by atoms with Crippen molar-refractivity contribution in [3.8, 4) is 11.5 Å². The zero-order valence-corrected chi connectivity index (χ0v) is 10.6. The first kappa shape index (κ1) is 13.1. The molecule has 0 bridgehead atoms. The maximum Gasteiger partial charge on any atom is 0.150 e. The molecule has 5 heteroatoms. The molecule has 0 aromatic heterocycles. The summed E-state index contributed by atoms with van der Waals surface area (Å²) in [5.74, 6) is 1.33. The Bertz CT molecular complexity index is 408. The molecule has 100 valence electrons. The third-order valence-electron chi connectivity index (χ3n) is 2.99. The van der Waals surface area contributed by atoms with Crippen LogP contribution in [0.15, 0.2) is 18.2 Å². The van der Waals surface area contributed by atoms with Crippen molar-refractivity contribution in [3.63, 3.8) is 0 Å². The molecular weight excluding hydrogens is 234 g/mol. The van der Waals surface area contributed by atoms with Gasteiger partial charge in [0.25, 0.3) is 0 Å². The highest BCUT2D eigenvalue weighted by Crippen LogP contribution is 2.30. The summed E-state index contributed by atoms with van der Waals surface area (Å²) in [7, 11) is 1.60. The number of methoxy groups -OCH3 is 1. The average Bonchev–Trinajstić information content (AvgIpc) is 2.74. The Kier molecular flexibility index (Phi) is 4.06. The fraction of sp³-hybridized carbons (Fsp3) is 0.538. The number of hydrogen-bond acceptors (Lipinski definition) is 5. The van der Waals surface area contributed by atoms with Gasteiger partial charge >= 0.3 is 0 Å². The van der Waals surface area contributed by atoms with E-state index in [4.69, 9.17) is 19.9 Å². The van der Waals surface area contributed by atoms with Crippen molar-refractivity contribution < 1.29 is 19.3 Å². The van der Waals surface area contributed by atoms with Crippen LogP contribution in [0, 0.1) is 0 Å². The third kappa shape index (κ3) is 2.75. The number of aliphatic hydroxyl groups is 1. The summed E-state index contributed by atoms with van der Waals surface area (Å²) in [6.07, 6.45) is -0.952. The third-order valence-corrected chi connectivity index (χ3v) is 2.99. The lowest BCUT2D eigenvalue weighted by molar-refractivity contribution is 0.0724. The molecule has 1 aliphatic heterocycles. The molecule has 3 N–H and O–H groups in total. The van der Waals surface area contributed by atoms with E-state index in [0.29, 0.717) is 24.7 Å². The Balaban J connectivity index is 2.23. The number of aliphatic hydroxyl groups excluding tert-OH is 1. The number of hydrogen-bond donors (Lipinski definition) is 2. The van der Waals surface area contributed by atoms with Crippen LogP contribution in [0.5, 0.6) is 11.5 Å². The van der Waals surface area contributed by atoms with Crippen molar-refractivity contribution >= 4 is 0 Å². The van der Waals surface area contributed by atoms with Crippen LogP contribution in [-0.2, 0) is 4.74 Å². The van der Waals surface area contributed by atoms with Crippen LogP contribution in [0.4, 0.5) is 0 Å². The van der Waals surface area contributed by atoms with Gasteiger partial charge in [0.05, 0.1) is 20.3 Å². The van der Waals surface area contributed by atoms with Gasteiger partial charge in [0, 0.05) is 17.7 Å². The molecule has 1 saturated heterocycles. The minimum atomic E-state index is -0.600. The summed E-state index contributed by atoms with van der Waals surface area (Å²) in [5.41, 5.74) is 6.78. The molecule has 1 aliphatic rings. The van der Waals surface area contributed by atoms with Crippen molar-refractivity contribution in [1.29, 1.82) is 0 Å². The molecule has 2 rings (SSSR count). The molecule has 0 aliphatic carbocycles. The first-order valence-electron chi connectivity index (χ1n) is 5.97. The van der Waals surface area contributed by atoms with E-state index in [1.165, 1.54) is 0 Å². The maximum absolute atomic E-state index is 9.69. The van der Waals surface area contributed by atoms with E-state index >= 15 is 0 Å². The Morgan fingerprint density at radius 2 is 2.22 bits per heavy atom. The molecule has 0 saturated carbocycles. The topological polar surface area (TPSA) is 73.9 Å². The highest BCUT2D eigenvalue weighted by Gasteiger charge is 2.29. The lowest BCUT2D eigenvalue weighted by Crippen LogP contribution is -2.30. The molecule has 0 radical (unpaired) electrons. The lowest BCUT2D eigenvalue weighted by atomic mass is 10.1. The van der Waals surface area contributed by atoms with Crippen LogP contribution in [0.2, 0.25) is 0 Å². The second kappa shape index (κ2) is 5.56. The Labute approximate surface area is 106 Å². The van der Waals surface area contributed by atoms with Crippen molar-refractivity contribution in [3.05, 3.63) is 23.8 Å².